The normalized spacial score (nSPS) is 12.7. The molecular formula is C12H12FNO4S. The quantitative estimate of drug-likeness (QED) is 0.787. The molecule has 1 aromatic rings. The molecule has 0 aliphatic carbocycles. The van der Waals surface area contributed by atoms with Crippen LogP contribution in [-0.2, 0) is 14.8 Å². The molecule has 1 aromatic carbocycles. The fourth-order valence-electron chi connectivity index (χ4n) is 1.29. The van der Waals surface area contributed by atoms with E-state index in [2.05, 4.69) is 5.92 Å². The largest absolute Gasteiger partial charge is 0.480 e. The molecule has 0 aromatic heterocycles. The highest BCUT2D eigenvalue weighted by Gasteiger charge is 2.25. The lowest BCUT2D eigenvalue weighted by atomic mass is 10.2. The van der Waals surface area contributed by atoms with Crippen molar-refractivity contribution in [2.24, 2.45) is 0 Å². The fraction of sp³-hybridized carbons (Fsp3) is 0.250. The van der Waals surface area contributed by atoms with Crippen LogP contribution in [0.1, 0.15) is 12.0 Å². The van der Waals surface area contributed by atoms with Gasteiger partial charge < -0.3 is 5.11 Å². The van der Waals surface area contributed by atoms with Gasteiger partial charge in [0.1, 0.15) is 11.9 Å². The van der Waals surface area contributed by atoms with E-state index < -0.39 is 27.9 Å². The van der Waals surface area contributed by atoms with Crippen molar-refractivity contribution in [2.75, 3.05) is 0 Å². The number of carboxylic acid groups (broad SMARTS) is 1. The van der Waals surface area contributed by atoms with E-state index in [0.29, 0.717) is 0 Å². The summed E-state index contributed by atoms with van der Waals surface area (Å²) in [5.41, 5.74) is 0.289. The molecule has 0 spiro atoms. The fourth-order valence-corrected chi connectivity index (χ4v) is 2.49. The Kier molecular flexibility index (Phi) is 4.64. The number of rotatable bonds is 5. The van der Waals surface area contributed by atoms with Crippen LogP contribution in [-0.4, -0.2) is 25.5 Å². The summed E-state index contributed by atoms with van der Waals surface area (Å²) >= 11 is 0. The Balaban J connectivity index is 3.07. The first-order chi connectivity index (χ1) is 8.77. The van der Waals surface area contributed by atoms with Crippen LogP contribution in [0.15, 0.2) is 23.1 Å². The molecule has 0 amide bonds. The third-order valence-corrected chi connectivity index (χ3v) is 3.84. The third kappa shape index (κ3) is 3.77. The van der Waals surface area contributed by atoms with E-state index in [9.17, 15) is 17.6 Å². The Morgan fingerprint density at radius 2 is 2.21 bits per heavy atom. The minimum Gasteiger partial charge on any atom is -0.480 e. The maximum atomic E-state index is 13.3. The lowest BCUT2D eigenvalue weighted by Crippen LogP contribution is -2.40. The highest BCUT2D eigenvalue weighted by Crippen LogP contribution is 2.14. The predicted octanol–water partition coefficient (Wildman–Crippen LogP) is 0.889. The Hall–Kier alpha value is -1.91. The number of terminal acetylenes is 1. The highest BCUT2D eigenvalue weighted by atomic mass is 32.2. The van der Waals surface area contributed by atoms with Gasteiger partial charge in [0.25, 0.3) is 0 Å². The van der Waals surface area contributed by atoms with Crippen LogP contribution in [0, 0.1) is 25.1 Å². The van der Waals surface area contributed by atoms with E-state index >= 15 is 0 Å². The van der Waals surface area contributed by atoms with Crippen LogP contribution in [0.25, 0.3) is 0 Å². The van der Waals surface area contributed by atoms with Gasteiger partial charge in [-0.1, -0.05) is 6.07 Å². The van der Waals surface area contributed by atoms with Crippen LogP contribution in [0.3, 0.4) is 0 Å². The molecule has 19 heavy (non-hydrogen) atoms. The number of carboxylic acids is 1. The number of nitrogens with one attached hydrogen (secondary N) is 1. The average Bonchev–Trinajstić information content (AvgIpc) is 2.31. The molecule has 1 unspecified atom stereocenters. The molecule has 0 aliphatic heterocycles. The zero-order valence-corrected chi connectivity index (χ0v) is 10.9. The summed E-state index contributed by atoms with van der Waals surface area (Å²) in [7, 11) is -4.13. The molecule has 0 aliphatic rings. The molecule has 7 heteroatoms. The van der Waals surface area contributed by atoms with Crippen molar-refractivity contribution in [3.05, 3.63) is 29.6 Å². The molecule has 102 valence electrons. The van der Waals surface area contributed by atoms with Crippen LogP contribution in [0.5, 0.6) is 0 Å². The number of benzene rings is 1. The number of halogens is 1. The van der Waals surface area contributed by atoms with Gasteiger partial charge in [-0.15, -0.1) is 12.3 Å². The number of hydrogen-bond donors (Lipinski definition) is 2. The number of aliphatic carboxylic acids is 1. The first kappa shape index (κ1) is 15.1. The summed E-state index contributed by atoms with van der Waals surface area (Å²) in [6, 6.07) is 1.86. The summed E-state index contributed by atoms with van der Waals surface area (Å²) in [4.78, 5) is 10.5. The SMILES string of the molecule is C#CCC(NS(=O)(=O)c1ccc(C)c(F)c1)C(=O)O. The second-order valence-electron chi connectivity index (χ2n) is 3.83. The molecule has 0 saturated heterocycles. The molecule has 5 nitrogen and oxygen atoms in total. The van der Waals surface area contributed by atoms with Crippen molar-refractivity contribution in [1.29, 1.82) is 0 Å². The molecule has 0 saturated carbocycles. The first-order valence-electron chi connectivity index (χ1n) is 5.22. The van der Waals surface area contributed by atoms with Crippen molar-refractivity contribution < 1.29 is 22.7 Å². The topological polar surface area (TPSA) is 83.5 Å². The summed E-state index contributed by atoms with van der Waals surface area (Å²) < 4.78 is 39.0. The van der Waals surface area contributed by atoms with E-state index in [1.165, 1.54) is 19.1 Å². The van der Waals surface area contributed by atoms with E-state index in [-0.39, 0.29) is 16.9 Å². The van der Waals surface area contributed by atoms with Gasteiger partial charge in [-0.2, -0.15) is 4.72 Å². The van der Waals surface area contributed by atoms with E-state index in [1.807, 2.05) is 4.72 Å². The molecule has 0 radical (unpaired) electrons. The van der Waals surface area contributed by atoms with Crippen LogP contribution in [0.4, 0.5) is 4.39 Å². The Morgan fingerprint density at radius 1 is 1.58 bits per heavy atom. The first-order valence-corrected chi connectivity index (χ1v) is 6.71. The van der Waals surface area contributed by atoms with Gasteiger partial charge in [-0.25, -0.2) is 12.8 Å². The van der Waals surface area contributed by atoms with Gasteiger partial charge in [0.05, 0.1) is 4.90 Å². The molecule has 0 bridgehead atoms. The van der Waals surface area contributed by atoms with Crippen molar-refractivity contribution in [3.8, 4) is 12.3 Å². The third-order valence-electron chi connectivity index (χ3n) is 2.37. The molecule has 1 atom stereocenters. The van der Waals surface area contributed by atoms with Crippen molar-refractivity contribution >= 4 is 16.0 Å². The Labute approximate surface area is 110 Å². The maximum Gasteiger partial charge on any atom is 0.322 e. The van der Waals surface area contributed by atoms with Crippen molar-refractivity contribution in [1.82, 2.24) is 4.72 Å². The van der Waals surface area contributed by atoms with E-state index in [0.717, 1.165) is 6.07 Å². The maximum absolute atomic E-state index is 13.3. The van der Waals surface area contributed by atoms with Gasteiger partial charge in [0.15, 0.2) is 0 Å². The lowest BCUT2D eigenvalue weighted by Gasteiger charge is -2.12. The summed E-state index contributed by atoms with van der Waals surface area (Å²) in [6.45, 7) is 1.48. The summed E-state index contributed by atoms with van der Waals surface area (Å²) in [6.07, 6.45) is 4.66. The zero-order valence-electron chi connectivity index (χ0n) is 10.1. The summed E-state index contributed by atoms with van der Waals surface area (Å²) in [5.74, 6) is -0.0208. The highest BCUT2D eigenvalue weighted by molar-refractivity contribution is 7.89. The number of aryl methyl sites for hydroxylation is 1. The average molecular weight is 285 g/mol. The molecular weight excluding hydrogens is 273 g/mol. The molecule has 1 rings (SSSR count). The minimum absolute atomic E-state index is 0.289. The summed E-state index contributed by atoms with van der Waals surface area (Å²) in [5, 5.41) is 8.82. The van der Waals surface area contributed by atoms with Crippen LogP contribution >= 0.6 is 0 Å². The lowest BCUT2D eigenvalue weighted by molar-refractivity contribution is -0.138. The van der Waals surface area contributed by atoms with E-state index in [1.54, 1.807) is 0 Å². The van der Waals surface area contributed by atoms with Crippen molar-refractivity contribution in [3.63, 3.8) is 0 Å². The Morgan fingerprint density at radius 3 is 2.68 bits per heavy atom. The smallest absolute Gasteiger partial charge is 0.322 e. The number of sulfonamides is 1. The second kappa shape index (κ2) is 5.82. The van der Waals surface area contributed by atoms with Gasteiger partial charge in [-0.05, 0) is 24.6 Å². The van der Waals surface area contributed by atoms with Crippen LogP contribution in [0.2, 0.25) is 0 Å². The number of hydrogen-bond acceptors (Lipinski definition) is 3. The van der Waals surface area contributed by atoms with Gasteiger partial charge in [-0.3, -0.25) is 4.79 Å². The standard InChI is InChI=1S/C12H12FNO4S/c1-3-4-11(12(15)16)14-19(17,18)9-6-5-8(2)10(13)7-9/h1,5-7,11,14H,4H2,2H3,(H,15,16). The Bertz CT molecular complexity index is 634. The monoisotopic (exact) mass is 285 g/mol. The van der Waals surface area contributed by atoms with Crippen LogP contribution < -0.4 is 4.72 Å². The predicted molar refractivity (Wildman–Crippen MR) is 66.3 cm³/mol. The van der Waals surface area contributed by atoms with Gasteiger partial charge in [0.2, 0.25) is 10.0 Å². The number of carbonyl (C=O) groups is 1. The molecule has 0 fully saturated rings. The van der Waals surface area contributed by atoms with Crippen molar-refractivity contribution in [2.45, 2.75) is 24.3 Å². The van der Waals surface area contributed by atoms with Gasteiger partial charge >= 0.3 is 5.97 Å². The minimum atomic E-state index is -4.13. The van der Waals surface area contributed by atoms with Gasteiger partial charge in [0, 0.05) is 6.42 Å². The van der Waals surface area contributed by atoms with E-state index in [4.69, 9.17) is 11.5 Å². The second-order valence-corrected chi connectivity index (χ2v) is 5.55. The molecule has 0 heterocycles. The molecule has 2 N–H and O–H groups in total. The zero-order chi connectivity index (χ0) is 14.6.